The van der Waals surface area contributed by atoms with Crippen molar-refractivity contribution in [1.82, 2.24) is 0 Å². The average molecular weight is 372 g/mol. The maximum Gasteiger partial charge on any atom is 0.127 e. The predicted octanol–water partition coefficient (Wildman–Crippen LogP) is 4.78. The fourth-order valence-electron chi connectivity index (χ4n) is 1.85. The van der Waals surface area contributed by atoms with E-state index in [1.165, 1.54) is 0 Å². The summed E-state index contributed by atoms with van der Waals surface area (Å²) in [6, 6.07) is 11.4. The zero-order valence-electron chi connectivity index (χ0n) is 11.9. The van der Waals surface area contributed by atoms with Crippen LogP contribution in [0.2, 0.25) is 0 Å². The molecular weight excluding hydrogens is 356 g/mol. The molecule has 5 heteroatoms. The average Bonchev–Trinajstić information content (AvgIpc) is 2.53. The molecule has 0 heterocycles. The molecule has 0 aromatic heterocycles. The van der Waals surface area contributed by atoms with Crippen molar-refractivity contribution in [2.75, 3.05) is 14.2 Å². The van der Waals surface area contributed by atoms with Crippen LogP contribution in [0.1, 0.15) is 11.1 Å². The second-order valence-corrected chi connectivity index (χ2v) is 5.47. The molecule has 0 aliphatic rings. The van der Waals surface area contributed by atoms with Crippen LogP contribution in [0.25, 0.3) is 0 Å². The second-order valence-electron chi connectivity index (χ2n) is 4.35. The molecule has 0 aliphatic heterocycles. The number of rotatable bonds is 6. The van der Waals surface area contributed by atoms with Crippen molar-refractivity contribution < 1.29 is 14.2 Å². The van der Waals surface area contributed by atoms with E-state index in [4.69, 9.17) is 25.8 Å². The molecular formula is C16H16BrClO3. The normalized spacial score (nSPS) is 10.3. The SMILES string of the molecule is COc1ccc(Br)c(COc2cc(OC)ccc2CCl)c1. The van der Waals surface area contributed by atoms with E-state index in [9.17, 15) is 0 Å². The lowest BCUT2D eigenvalue weighted by Crippen LogP contribution is -2.00. The van der Waals surface area contributed by atoms with Gasteiger partial charge in [0.25, 0.3) is 0 Å². The van der Waals surface area contributed by atoms with Crippen LogP contribution in [0.4, 0.5) is 0 Å². The molecule has 0 N–H and O–H groups in total. The van der Waals surface area contributed by atoms with Crippen LogP contribution in [0.5, 0.6) is 17.2 Å². The lowest BCUT2D eigenvalue weighted by atomic mass is 10.2. The molecule has 0 bridgehead atoms. The third kappa shape index (κ3) is 4.05. The number of benzene rings is 2. The van der Waals surface area contributed by atoms with Crippen LogP contribution in [0, 0.1) is 0 Å². The van der Waals surface area contributed by atoms with Gasteiger partial charge in [0.15, 0.2) is 0 Å². The minimum atomic E-state index is 0.388. The highest BCUT2D eigenvalue weighted by Gasteiger charge is 2.08. The van der Waals surface area contributed by atoms with Gasteiger partial charge in [0.1, 0.15) is 23.9 Å². The Balaban J connectivity index is 2.19. The van der Waals surface area contributed by atoms with Gasteiger partial charge in [-0.25, -0.2) is 0 Å². The zero-order valence-corrected chi connectivity index (χ0v) is 14.2. The maximum absolute atomic E-state index is 5.94. The van der Waals surface area contributed by atoms with Gasteiger partial charge < -0.3 is 14.2 Å². The number of ether oxygens (including phenoxy) is 3. The minimum Gasteiger partial charge on any atom is -0.497 e. The Morgan fingerprint density at radius 3 is 2.29 bits per heavy atom. The minimum absolute atomic E-state index is 0.388. The van der Waals surface area contributed by atoms with Gasteiger partial charge in [0.05, 0.1) is 20.1 Å². The van der Waals surface area contributed by atoms with E-state index in [2.05, 4.69) is 15.9 Å². The molecule has 112 valence electrons. The third-order valence-electron chi connectivity index (χ3n) is 3.05. The van der Waals surface area contributed by atoms with Crippen LogP contribution in [-0.4, -0.2) is 14.2 Å². The molecule has 0 saturated carbocycles. The van der Waals surface area contributed by atoms with Crippen molar-refractivity contribution in [2.24, 2.45) is 0 Å². The van der Waals surface area contributed by atoms with E-state index in [1.54, 1.807) is 14.2 Å². The Morgan fingerprint density at radius 2 is 1.62 bits per heavy atom. The van der Waals surface area contributed by atoms with E-state index >= 15 is 0 Å². The molecule has 2 aromatic carbocycles. The smallest absolute Gasteiger partial charge is 0.127 e. The summed E-state index contributed by atoms with van der Waals surface area (Å²) >= 11 is 9.45. The molecule has 0 spiro atoms. The van der Waals surface area contributed by atoms with Crippen LogP contribution in [0.15, 0.2) is 40.9 Å². The quantitative estimate of drug-likeness (QED) is 0.684. The fraction of sp³-hybridized carbons (Fsp3) is 0.250. The highest BCUT2D eigenvalue weighted by molar-refractivity contribution is 9.10. The van der Waals surface area contributed by atoms with E-state index in [0.717, 1.165) is 32.8 Å². The van der Waals surface area contributed by atoms with Crippen molar-refractivity contribution in [3.63, 3.8) is 0 Å². The first-order chi connectivity index (χ1) is 10.2. The van der Waals surface area contributed by atoms with Crippen LogP contribution in [-0.2, 0) is 12.5 Å². The summed E-state index contributed by atoms with van der Waals surface area (Å²) in [5, 5.41) is 0. The van der Waals surface area contributed by atoms with Gasteiger partial charge in [0, 0.05) is 21.7 Å². The second kappa shape index (κ2) is 7.57. The number of halogens is 2. The number of hydrogen-bond acceptors (Lipinski definition) is 3. The topological polar surface area (TPSA) is 27.7 Å². The molecule has 0 aliphatic carbocycles. The molecule has 21 heavy (non-hydrogen) atoms. The van der Waals surface area contributed by atoms with Gasteiger partial charge >= 0.3 is 0 Å². The zero-order chi connectivity index (χ0) is 15.2. The van der Waals surface area contributed by atoms with Gasteiger partial charge in [-0.15, -0.1) is 11.6 Å². The van der Waals surface area contributed by atoms with Gasteiger partial charge in [-0.05, 0) is 24.3 Å². The summed E-state index contributed by atoms with van der Waals surface area (Å²) < 4.78 is 17.3. The number of methoxy groups -OCH3 is 2. The Bertz CT molecular complexity index is 616. The number of alkyl halides is 1. The lowest BCUT2D eigenvalue weighted by Gasteiger charge is -2.13. The largest absolute Gasteiger partial charge is 0.497 e. The van der Waals surface area contributed by atoms with Crippen molar-refractivity contribution in [2.45, 2.75) is 12.5 Å². The van der Waals surface area contributed by atoms with Crippen molar-refractivity contribution in [1.29, 1.82) is 0 Å². The Hall–Kier alpha value is -1.39. The lowest BCUT2D eigenvalue weighted by molar-refractivity contribution is 0.299. The standard InChI is InChI=1S/C16H16BrClO3/c1-19-13-5-6-15(17)12(7-13)10-21-16-8-14(20-2)4-3-11(16)9-18/h3-8H,9-10H2,1-2H3. The maximum atomic E-state index is 5.94. The van der Waals surface area contributed by atoms with Gasteiger partial charge in [0.2, 0.25) is 0 Å². The van der Waals surface area contributed by atoms with Gasteiger partial charge in [-0.1, -0.05) is 22.0 Å². The Kier molecular flexibility index (Phi) is 5.76. The van der Waals surface area contributed by atoms with Gasteiger partial charge in [-0.2, -0.15) is 0 Å². The highest BCUT2D eigenvalue weighted by Crippen LogP contribution is 2.29. The molecule has 0 amide bonds. The monoisotopic (exact) mass is 370 g/mol. The molecule has 2 aromatic rings. The molecule has 0 radical (unpaired) electrons. The van der Waals surface area contributed by atoms with Gasteiger partial charge in [-0.3, -0.25) is 0 Å². The molecule has 0 fully saturated rings. The molecule has 0 unspecified atom stereocenters. The molecule has 0 atom stereocenters. The molecule has 2 rings (SSSR count). The summed E-state index contributed by atoms with van der Waals surface area (Å²) in [7, 11) is 3.26. The van der Waals surface area contributed by atoms with Crippen molar-refractivity contribution >= 4 is 27.5 Å². The summed E-state index contributed by atoms with van der Waals surface area (Å²) in [6.45, 7) is 0.412. The Morgan fingerprint density at radius 1 is 0.952 bits per heavy atom. The van der Waals surface area contributed by atoms with E-state index in [0.29, 0.717) is 12.5 Å². The summed E-state index contributed by atoms with van der Waals surface area (Å²) in [6.07, 6.45) is 0. The first kappa shape index (κ1) is 16.0. The first-order valence-electron chi connectivity index (χ1n) is 6.36. The molecule has 0 saturated heterocycles. The predicted molar refractivity (Wildman–Crippen MR) is 87.6 cm³/mol. The number of hydrogen-bond donors (Lipinski definition) is 0. The van der Waals surface area contributed by atoms with E-state index in [1.807, 2.05) is 36.4 Å². The fourth-order valence-corrected chi connectivity index (χ4v) is 2.43. The van der Waals surface area contributed by atoms with Crippen LogP contribution >= 0.6 is 27.5 Å². The van der Waals surface area contributed by atoms with E-state index < -0.39 is 0 Å². The summed E-state index contributed by atoms with van der Waals surface area (Å²) in [5.74, 6) is 2.64. The molecule has 3 nitrogen and oxygen atoms in total. The van der Waals surface area contributed by atoms with Crippen molar-refractivity contribution in [3.8, 4) is 17.2 Å². The Labute approximate surface area is 137 Å². The van der Waals surface area contributed by atoms with E-state index in [-0.39, 0.29) is 0 Å². The van der Waals surface area contributed by atoms with Crippen LogP contribution < -0.4 is 14.2 Å². The summed E-state index contributed by atoms with van der Waals surface area (Å²) in [4.78, 5) is 0. The third-order valence-corrected chi connectivity index (χ3v) is 4.12. The highest BCUT2D eigenvalue weighted by atomic mass is 79.9. The first-order valence-corrected chi connectivity index (χ1v) is 7.68. The van der Waals surface area contributed by atoms with Crippen LogP contribution in [0.3, 0.4) is 0 Å². The van der Waals surface area contributed by atoms with Crippen molar-refractivity contribution in [3.05, 3.63) is 52.0 Å². The summed E-state index contributed by atoms with van der Waals surface area (Å²) in [5.41, 5.74) is 1.93.